The Morgan fingerprint density at radius 2 is 2.32 bits per heavy atom. The van der Waals surface area contributed by atoms with Crippen molar-refractivity contribution in [2.75, 3.05) is 31.1 Å². The highest BCUT2D eigenvalue weighted by atomic mass is 32.1. The second-order valence-corrected chi connectivity index (χ2v) is 6.48. The van der Waals surface area contributed by atoms with E-state index in [1.807, 2.05) is 0 Å². The van der Waals surface area contributed by atoms with Crippen molar-refractivity contribution >= 4 is 16.7 Å². The highest BCUT2D eigenvalue weighted by Crippen LogP contribution is 2.23. The first-order valence-corrected chi connectivity index (χ1v) is 8.27. The molecule has 1 N–H and O–H groups in total. The molecule has 1 aliphatic heterocycles. The third-order valence-electron chi connectivity index (χ3n) is 3.59. The summed E-state index contributed by atoms with van der Waals surface area (Å²) in [7, 11) is 0. The minimum Gasteiger partial charge on any atom is -0.347 e. The van der Waals surface area contributed by atoms with E-state index in [1.165, 1.54) is 19.4 Å². The fourth-order valence-corrected chi connectivity index (χ4v) is 3.36. The van der Waals surface area contributed by atoms with Gasteiger partial charge in [0.25, 0.3) is 0 Å². The summed E-state index contributed by atoms with van der Waals surface area (Å²) in [5.41, 5.74) is 0. The van der Waals surface area contributed by atoms with E-state index in [2.05, 4.69) is 35.4 Å². The predicted octanol–water partition coefficient (Wildman–Crippen LogP) is 2.88. The molecule has 1 aromatic rings. The van der Waals surface area contributed by atoms with Crippen LogP contribution in [0.3, 0.4) is 0 Å². The van der Waals surface area contributed by atoms with Crippen LogP contribution in [0.4, 0.5) is 5.13 Å². The Hall–Kier alpha value is -0.680. The van der Waals surface area contributed by atoms with Crippen molar-refractivity contribution in [1.29, 1.82) is 0 Å². The Morgan fingerprint density at radius 1 is 1.47 bits per heavy atom. The molecule has 0 spiro atoms. The molecule has 0 bridgehead atoms. The van der Waals surface area contributed by atoms with Gasteiger partial charge in [-0.2, -0.15) is 4.37 Å². The fraction of sp³-hybridized carbons (Fsp3) is 0.857. The average molecular weight is 282 g/mol. The molecule has 0 amide bonds. The van der Waals surface area contributed by atoms with Gasteiger partial charge in [-0.1, -0.05) is 20.8 Å². The van der Waals surface area contributed by atoms with E-state index in [0.717, 1.165) is 42.9 Å². The number of nitrogens with one attached hydrogen (secondary N) is 1. The van der Waals surface area contributed by atoms with E-state index in [1.54, 1.807) is 11.5 Å². The van der Waals surface area contributed by atoms with Gasteiger partial charge in [-0.05, 0) is 38.3 Å². The van der Waals surface area contributed by atoms with Gasteiger partial charge in [0, 0.05) is 30.5 Å². The van der Waals surface area contributed by atoms with E-state index in [-0.39, 0.29) is 0 Å². The predicted molar refractivity (Wildman–Crippen MR) is 82.1 cm³/mol. The lowest BCUT2D eigenvalue weighted by atomic mass is 9.99. The number of hydrogen-bond donors (Lipinski definition) is 1. The normalized spacial score (nSPS) is 19.9. The molecular formula is C14H26N4S. The highest BCUT2D eigenvalue weighted by Gasteiger charge is 2.19. The van der Waals surface area contributed by atoms with Crippen LogP contribution >= 0.6 is 11.5 Å². The topological polar surface area (TPSA) is 41.0 Å². The Labute approximate surface area is 120 Å². The van der Waals surface area contributed by atoms with E-state index in [0.29, 0.717) is 5.92 Å². The summed E-state index contributed by atoms with van der Waals surface area (Å²) in [4.78, 5) is 7.14. The lowest BCUT2D eigenvalue weighted by Crippen LogP contribution is -2.38. The minimum atomic E-state index is 0.421. The Bertz CT molecular complexity index is 371. The van der Waals surface area contributed by atoms with Gasteiger partial charge in [-0.15, -0.1) is 0 Å². The molecule has 5 heteroatoms. The molecule has 2 heterocycles. The zero-order valence-corrected chi connectivity index (χ0v) is 13.2. The molecule has 1 atom stereocenters. The summed E-state index contributed by atoms with van der Waals surface area (Å²) in [6.07, 6.45) is 3.80. The molecule has 1 aromatic heterocycles. The summed E-state index contributed by atoms with van der Waals surface area (Å²) in [5, 5.41) is 4.61. The monoisotopic (exact) mass is 282 g/mol. The Morgan fingerprint density at radius 3 is 2.89 bits per heavy atom. The average Bonchev–Trinajstić information content (AvgIpc) is 2.89. The van der Waals surface area contributed by atoms with Gasteiger partial charge in [0.05, 0.1) is 0 Å². The highest BCUT2D eigenvalue weighted by molar-refractivity contribution is 7.09. The molecule has 0 radical (unpaired) electrons. The molecule has 1 saturated heterocycles. The van der Waals surface area contributed by atoms with Gasteiger partial charge in [-0.25, -0.2) is 4.98 Å². The summed E-state index contributed by atoms with van der Waals surface area (Å²) in [5.74, 6) is 2.17. The Balaban J connectivity index is 2.00. The third kappa shape index (κ3) is 4.14. The van der Waals surface area contributed by atoms with Crippen molar-refractivity contribution in [1.82, 2.24) is 14.7 Å². The largest absolute Gasteiger partial charge is 0.347 e. The van der Waals surface area contributed by atoms with E-state index in [9.17, 15) is 0 Å². The zero-order valence-electron chi connectivity index (χ0n) is 12.4. The fourth-order valence-electron chi connectivity index (χ4n) is 2.52. The number of hydrogen-bond acceptors (Lipinski definition) is 5. The standard InChI is InChI=1S/C14H26N4S/c1-4-8-18(10-12-6-5-7-15-9-12)14-16-13(11(2)3)17-19-14/h11-12,15H,4-10H2,1-3H3. The molecule has 0 aliphatic carbocycles. The first kappa shape index (κ1) is 14.7. The lowest BCUT2D eigenvalue weighted by molar-refractivity contribution is 0.376. The van der Waals surface area contributed by atoms with Crippen LogP contribution in [0.1, 0.15) is 51.8 Å². The molecule has 2 rings (SSSR count). The summed E-state index contributed by atoms with van der Waals surface area (Å²) >= 11 is 1.56. The van der Waals surface area contributed by atoms with Crippen LogP contribution in [0, 0.1) is 5.92 Å². The smallest absolute Gasteiger partial charge is 0.205 e. The molecule has 0 aromatic carbocycles. The van der Waals surface area contributed by atoms with Crippen LogP contribution in [-0.4, -0.2) is 35.5 Å². The van der Waals surface area contributed by atoms with Gasteiger partial charge >= 0.3 is 0 Å². The van der Waals surface area contributed by atoms with E-state index >= 15 is 0 Å². The van der Waals surface area contributed by atoms with Crippen LogP contribution in [-0.2, 0) is 0 Å². The van der Waals surface area contributed by atoms with Crippen LogP contribution < -0.4 is 10.2 Å². The van der Waals surface area contributed by atoms with Gasteiger partial charge in [-0.3, -0.25) is 0 Å². The van der Waals surface area contributed by atoms with Gasteiger partial charge in [0.1, 0.15) is 5.82 Å². The molecule has 0 saturated carbocycles. The van der Waals surface area contributed by atoms with Crippen LogP contribution in [0.15, 0.2) is 0 Å². The number of anilines is 1. The van der Waals surface area contributed by atoms with E-state index < -0.39 is 0 Å². The van der Waals surface area contributed by atoms with Crippen molar-refractivity contribution in [3.05, 3.63) is 5.82 Å². The minimum absolute atomic E-state index is 0.421. The maximum absolute atomic E-state index is 4.71. The van der Waals surface area contributed by atoms with Crippen molar-refractivity contribution in [3.8, 4) is 0 Å². The van der Waals surface area contributed by atoms with Gasteiger partial charge in [0.15, 0.2) is 0 Å². The van der Waals surface area contributed by atoms with Crippen molar-refractivity contribution in [3.63, 3.8) is 0 Å². The van der Waals surface area contributed by atoms with Crippen molar-refractivity contribution in [2.45, 2.75) is 46.0 Å². The maximum atomic E-state index is 4.71. The molecule has 1 unspecified atom stereocenters. The van der Waals surface area contributed by atoms with Crippen molar-refractivity contribution in [2.24, 2.45) is 5.92 Å². The van der Waals surface area contributed by atoms with E-state index in [4.69, 9.17) is 4.98 Å². The first-order chi connectivity index (χ1) is 9.20. The molecule has 108 valence electrons. The molecule has 1 aliphatic rings. The maximum Gasteiger partial charge on any atom is 0.205 e. The molecule has 4 nitrogen and oxygen atoms in total. The molecule has 19 heavy (non-hydrogen) atoms. The number of nitrogens with zero attached hydrogens (tertiary/aromatic N) is 3. The SMILES string of the molecule is CCCN(CC1CCCNC1)c1nc(C(C)C)ns1. The van der Waals surface area contributed by atoms with Crippen LogP contribution in [0.2, 0.25) is 0 Å². The van der Waals surface area contributed by atoms with Crippen molar-refractivity contribution < 1.29 is 0 Å². The number of piperidine rings is 1. The zero-order chi connectivity index (χ0) is 13.7. The van der Waals surface area contributed by atoms with Crippen LogP contribution in [0.25, 0.3) is 0 Å². The van der Waals surface area contributed by atoms with Gasteiger partial charge in [0.2, 0.25) is 5.13 Å². The number of rotatable bonds is 6. The quantitative estimate of drug-likeness (QED) is 0.871. The number of aromatic nitrogens is 2. The van der Waals surface area contributed by atoms with Gasteiger partial charge < -0.3 is 10.2 Å². The van der Waals surface area contributed by atoms with Crippen LogP contribution in [0.5, 0.6) is 0 Å². The lowest BCUT2D eigenvalue weighted by Gasteiger charge is -2.29. The molecular weight excluding hydrogens is 256 g/mol. The second-order valence-electron chi connectivity index (χ2n) is 5.75. The summed E-state index contributed by atoms with van der Waals surface area (Å²) in [6.45, 7) is 11.1. The second kappa shape index (κ2) is 7.20. The third-order valence-corrected chi connectivity index (χ3v) is 4.38. The first-order valence-electron chi connectivity index (χ1n) is 7.50. The summed E-state index contributed by atoms with van der Waals surface area (Å²) in [6, 6.07) is 0. The summed E-state index contributed by atoms with van der Waals surface area (Å²) < 4.78 is 4.49. The Kier molecular flexibility index (Phi) is 5.58. The molecule has 1 fully saturated rings.